The molecule has 118 valence electrons. The maximum Gasteiger partial charge on any atom is 0.337 e. The van der Waals surface area contributed by atoms with Crippen molar-refractivity contribution in [3.05, 3.63) is 76.3 Å². The smallest absolute Gasteiger partial charge is 0.337 e. The minimum absolute atomic E-state index is 0.197. The Morgan fingerprint density at radius 2 is 1.74 bits per heavy atom. The van der Waals surface area contributed by atoms with Gasteiger partial charge in [0.05, 0.1) is 12.7 Å². The summed E-state index contributed by atoms with van der Waals surface area (Å²) < 4.78 is 4.63. The van der Waals surface area contributed by atoms with E-state index in [0.29, 0.717) is 17.1 Å². The van der Waals surface area contributed by atoms with Crippen LogP contribution in [0.5, 0.6) is 0 Å². The molecular weight excluding hydrogens is 314 g/mol. The zero-order valence-corrected chi connectivity index (χ0v) is 13.3. The number of carbonyl (C=O) groups is 2. The topological polar surface area (TPSA) is 55.4 Å². The van der Waals surface area contributed by atoms with Crippen LogP contribution in [0.2, 0.25) is 5.02 Å². The van der Waals surface area contributed by atoms with E-state index in [9.17, 15) is 9.59 Å². The summed E-state index contributed by atoms with van der Waals surface area (Å²) in [6, 6.07) is 14.1. The molecule has 0 spiro atoms. The quantitative estimate of drug-likeness (QED) is 0.675. The number of amides is 1. The molecule has 0 radical (unpaired) electrons. The first-order valence-corrected chi connectivity index (χ1v) is 7.35. The first-order valence-electron chi connectivity index (χ1n) is 6.97. The summed E-state index contributed by atoms with van der Waals surface area (Å²) in [6.07, 6.45) is 3.13. The van der Waals surface area contributed by atoms with Gasteiger partial charge in [-0.2, -0.15) is 0 Å². The lowest BCUT2D eigenvalue weighted by Gasteiger charge is -2.03. The molecule has 4 nitrogen and oxygen atoms in total. The molecule has 0 unspecified atom stereocenters. The predicted molar refractivity (Wildman–Crippen MR) is 90.1 cm³/mol. The molecule has 5 heteroatoms. The van der Waals surface area contributed by atoms with Crippen LogP contribution in [0.4, 0.5) is 0 Å². The Morgan fingerprint density at radius 1 is 1.09 bits per heavy atom. The fourth-order valence-corrected chi connectivity index (χ4v) is 2.00. The molecule has 1 N–H and O–H groups in total. The predicted octanol–water partition coefficient (Wildman–Crippen LogP) is 3.46. The van der Waals surface area contributed by atoms with Crippen molar-refractivity contribution in [1.82, 2.24) is 5.32 Å². The number of benzene rings is 2. The number of rotatable bonds is 5. The van der Waals surface area contributed by atoms with Crippen molar-refractivity contribution in [1.29, 1.82) is 0 Å². The SMILES string of the molecule is COC(=O)c1ccc(/C=C/C(=O)NCc2ccc(Cl)cc2)cc1. The van der Waals surface area contributed by atoms with Gasteiger partial charge in [-0.3, -0.25) is 4.79 Å². The summed E-state index contributed by atoms with van der Waals surface area (Å²) >= 11 is 5.80. The van der Waals surface area contributed by atoms with Gasteiger partial charge in [0.15, 0.2) is 0 Å². The Balaban J connectivity index is 1.88. The maximum atomic E-state index is 11.8. The van der Waals surface area contributed by atoms with Crippen molar-refractivity contribution >= 4 is 29.6 Å². The van der Waals surface area contributed by atoms with E-state index in [0.717, 1.165) is 11.1 Å². The monoisotopic (exact) mass is 329 g/mol. The van der Waals surface area contributed by atoms with Gasteiger partial charge in [-0.1, -0.05) is 35.9 Å². The summed E-state index contributed by atoms with van der Waals surface area (Å²) in [5, 5.41) is 3.45. The van der Waals surface area contributed by atoms with Crippen LogP contribution in [0.15, 0.2) is 54.6 Å². The molecule has 0 aliphatic rings. The molecule has 2 rings (SSSR count). The maximum absolute atomic E-state index is 11.8. The average molecular weight is 330 g/mol. The minimum atomic E-state index is -0.388. The third kappa shape index (κ3) is 5.27. The third-order valence-electron chi connectivity index (χ3n) is 3.14. The molecule has 0 atom stereocenters. The first-order chi connectivity index (χ1) is 11.1. The van der Waals surface area contributed by atoms with Gasteiger partial charge in [0, 0.05) is 17.6 Å². The Labute approximate surface area is 139 Å². The van der Waals surface area contributed by atoms with Gasteiger partial charge in [0.25, 0.3) is 0 Å². The first kappa shape index (κ1) is 16.8. The van der Waals surface area contributed by atoms with Crippen molar-refractivity contribution in [2.24, 2.45) is 0 Å². The van der Waals surface area contributed by atoms with E-state index < -0.39 is 0 Å². The molecule has 0 aromatic heterocycles. The zero-order valence-electron chi connectivity index (χ0n) is 12.6. The van der Waals surface area contributed by atoms with Gasteiger partial charge in [0.2, 0.25) is 5.91 Å². The van der Waals surface area contributed by atoms with Gasteiger partial charge in [-0.25, -0.2) is 4.79 Å². The summed E-state index contributed by atoms with van der Waals surface area (Å²) in [5.41, 5.74) is 2.26. The van der Waals surface area contributed by atoms with Gasteiger partial charge in [-0.05, 0) is 41.5 Å². The third-order valence-corrected chi connectivity index (χ3v) is 3.39. The van der Waals surface area contributed by atoms with E-state index in [1.165, 1.54) is 13.2 Å². The Hall–Kier alpha value is -2.59. The standard InChI is InChI=1S/C18H16ClNO3/c1-23-18(22)15-7-2-13(3-8-15)6-11-17(21)20-12-14-4-9-16(19)10-5-14/h2-11H,12H2,1H3,(H,20,21)/b11-6+. The van der Waals surface area contributed by atoms with Crippen LogP contribution in [0, 0.1) is 0 Å². The highest BCUT2D eigenvalue weighted by molar-refractivity contribution is 6.30. The highest BCUT2D eigenvalue weighted by Gasteiger charge is 2.03. The second-order valence-electron chi connectivity index (χ2n) is 4.79. The van der Waals surface area contributed by atoms with Crippen molar-refractivity contribution < 1.29 is 14.3 Å². The van der Waals surface area contributed by atoms with Crippen LogP contribution in [0.25, 0.3) is 6.08 Å². The van der Waals surface area contributed by atoms with Crippen molar-refractivity contribution in [3.8, 4) is 0 Å². The summed E-state index contributed by atoms with van der Waals surface area (Å²) in [5.74, 6) is -0.585. The van der Waals surface area contributed by atoms with Gasteiger partial charge in [-0.15, -0.1) is 0 Å². The zero-order chi connectivity index (χ0) is 16.7. The lowest BCUT2D eigenvalue weighted by molar-refractivity contribution is -0.116. The molecular formula is C18H16ClNO3. The van der Waals surface area contributed by atoms with Crippen LogP contribution in [-0.2, 0) is 16.1 Å². The van der Waals surface area contributed by atoms with E-state index in [2.05, 4.69) is 10.1 Å². The van der Waals surface area contributed by atoms with Gasteiger partial charge < -0.3 is 10.1 Å². The lowest BCUT2D eigenvalue weighted by Crippen LogP contribution is -2.20. The number of carbonyl (C=O) groups excluding carboxylic acids is 2. The van der Waals surface area contributed by atoms with Crippen LogP contribution in [-0.4, -0.2) is 19.0 Å². The second-order valence-corrected chi connectivity index (χ2v) is 5.23. The fraction of sp³-hybridized carbons (Fsp3) is 0.111. The molecule has 1 amide bonds. The molecule has 0 aliphatic heterocycles. The Kier molecular flexibility index (Phi) is 5.94. The van der Waals surface area contributed by atoms with Gasteiger partial charge >= 0.3 is 5.97 Å². The molecule has 0 fully saturated rings. The van der Waals surface area contributed by atoms with Crippen molar-refractivity contribution in [2.75, 3.05) is 7.11 Å². The number of nitrogens with one attached hydrogen (secondary N) is 1. The molecule has 2 aromatic rings. The van der Waals surface area contributed by atoms with Crippen LogP contribution < -0.4 is 5.32 Å². The average Bonchev–Trinajstić information content (AvgIpc) is 2.59. The van der Waals surface area contributed by atoms with E-state index >= 15 is 0 Å². The highest BCUT2D eigenvalue weighted by Crippen LogP contribution is 2.09. The van der Waals surface area contributed by atoms with Crippen LogP contribution in [0.1, 0.15) is 21.5 Å². The fourth-order valence-electron chi connectivity index (χ4n) is 1.87. The number of hydrogen-bond acceptors (Lipinski definition) is 3. The van der Waals surface area contributed by atoms with E-state index in [1.54, 1.807) is 42.5 Å². The summed E-state index contributed by atoms with van der Waals surface area (Å²) in [6.45, 7) is 0.432. The molecule has 2 aromatic carbocycles. The second kappa shape index (κ2) is 8.15. The number of ether oxygens (including phenoxy) is 1. The molecule has 23 heavy (non-hydrogen) atoms. The Morgan fingerprint density at radius 3 is 2.35 bits per heavy atom. The molecule has 0 heterocycles. The number of hydrogen-bond donors (Lipinski definition) is 1. The van der Waals surface area contributed by atoms with Crippen LogP contribution in [0.3, 0.4) is 0 Å². The van der Waals surface area contributed by atoms with E-state index in [-0.39, 0.29) is 11.9 Å². The minimum Gasteiger partial charge on any atom is -0.465 e. The van der Waals surface area contributed by atoms with Crippen molar-refractivity contribution in [2.45, 2.75) is 6.54 Å². The lowest BCUT2D eigenvalue weighted by atomic mass is 10.1. The summed E-state index contributed by atoms with van der Waals surface area (Å²) in [4.78, 5) is 23.1. The largest absolute Gasteiger partial charge is 0.465 e. The molecule has 0 aliphatic carbocycles. The van der Waals surface area contributed by atoms with E-state index in [4.69, 9.17) is 11.6 Å². The highest BCUT2D eigenvalue weighted by atomic mass is 35.5. The number of methoxy groups -OCH3 is 1. The van der Waals surface area contributed by atoms with Gasteiger partial charge in [0.1, 0.15) is 0 Å². The number of halogens is 1. The molecule has 0 saturated carbocycles. The number of esters is 1. The molecule has 0 bridgehead atoms. The van der Waals surface area contributed by atoms with Crippen LogP contribution >= 0.6 is 11.6 Å². The molecule has 0 saturated heterocycles. The van der Waals surface area contributed by atoms with Crippen molar-refractivity contribution in [3.63, 3.8) is 0 Å². The van der Waals surface area contributed by atoms with E-state index in [1.807, 2.05) is 12.1 Å². The summed E-state index contributed by atoms with van der Waals surface area (Å²) in [7, 11) is 1.33. The normalized spacial score (nSPS) is 10.5. The Bertz CT molecular complexity index is 706.